The minimum atomic E-state index is -4.85. The number of carbonyl (C=O) groups excluding carboxylic acids is 2. The Hall–Kier alpha value is -6.31. The first-order valence-corrected chi connectivity index (χ1v) is 15.9. The summed E-state index contributed by atoms with van der Waals surface area (Å²) >= 11 is 0. The lowest BCUT2D eigenvalue weighted by molar-refractivity contribution is -0.137. The molecular formula is C37H21F10N5O2. The van der Waals surface area contributed by atoms with Gasteiger partial charge in [-0.1, -0.05) is 18.2 Å². The Morgan fingerprint density at radius 1 is 0.593 bits per heavy atom. The third kappa shape index (κ3) is 6.06. The van der Waals surface area contributed by atoms with Crippen molar-refractivity contribution in [3.63, 3.8) is 0 Å². The van der Waals surface area contributed by atoms with Crippen LogP contribution < -0.4 is 10.6 Å². The average molecular weight is 758 g/mol. The fourth-order valence-corrected chi connectivity index (χ4v) is 6.97. The van der Waals surface area contributed by atoms with E-state index < -0.39 is 70.0 Å². The lowest BCUT2D eigenvalue weighted by atomic mass is 9.98. The smallest absolute Gasteiger partial charge is 0.349 e. The van der Waals surface area contributed by atoms with Crippen LogP contribution in [0.25, 0.3) is 44.1 Å². The van der Waals surface area contributed by atoms with E-state index in [2.05, 4.69) is 10.6 Å². The maximum atomic E-state index is 14.1. The predicted octanol–water partition coefficient (Wildman–Crippen LogP) is 8.57. The predicted molar refractivity (Wildman–Crippen MR) is 174 cm³/mol. The van der Waals surface area contributed by atoms with E-state index in [1.54, 1.807) is 6.07 Å². The van der Waals surface area contributed by atoms with Crippen molar-refractivity contribution >= 4 is 33.6 Å². The van der Waals surface area contributed by atoms with Crippen molar-refractivity contribution in [3.8, 4) is 28.3 Å². The molecule has 4 aromatic carbocycles. The standard InChI is InChI=1S/C19H10F5N3O.C18H11F5N2O/c20-13-2-1-10(7-14(13)21)11-5-9(8-25)6-12-15(19(22,23)24)17-18(28)26-3-4-27(17)16(11)12;19-10-3-1-9(2-4-10)12-7-11(20)8-13-14(18(21,22)23)16-17(26)24-5-6-25(16)15(12)13/h1-2,5-7H,3-4H2,(H,26,28);1-4,7-8H,5-6H2,(H,24,26). The molecule has 8 rings (SSSR count). The third-order valence-corrected chi connectivity index (χ3v) is 9.03. The molecule has 0 bridgehead atoms. The number of fused-ring (bicyclic) bond motifs is 6. The summed E-state index contributed by atoms with van der Waals surface area (Å²) in [5, 5.41) is 13.3. The Morgan fingerprint density at radius 3 is 1.59 bits per heavy atom. The number of carbonyl (C=O) groups is 2. The van der Waals surface area contributed by atoms with Gasteiger partial charge in [0.2, 0.25) is 0 Å². The number of amides is 2. The fraction of sp³-hybridized carbons (Fsp3) is 0.162. The fourth-order valence-electron chi connectivity index (χ4n) is 6.97. The van der Waals surface area contributed by atoms with E-state index in [9.17, 15) is 58.8 Å². The second-order valence-corrected chi connectivity index (χ2v) is 12.3. The normalized spacial score (nSPS) is 14.2. The zero-order chi connectivity index (χ0) is 38.9. The van der Waals surface area contributed by atoms with Crippen molar-refractivity contribution < 1.29 is 53.5 Å². The van der Waals surface area contributed by atoms with E-state index in [1.165, 1.54) is 33.4 Å². The lowest BCUT2D eigenvalue weighted by Crippen LogP contribution is -2.36. The van der Waals surface area contributed by atoms with E-state index in [1.807, 2.05) is 0 Å². The number of nitrogens with one attached hydrogen (secondary N) is 2. The van der Waals surface area contributed by atoms with Crippen LogP contribution in [0.1, 0.15) is 37.7 Å². The van der Waals surface area contributed by atoms with Gasteiger partial charge in [0.15, 0.2) is 11.6 Å². The highest BCUT2D eigenvalue weighted by Crippen LogP contribution is 2.45. The molecule has 0 radical (unpaired) electrons. The molecule has 2 aliphatic rings. The first-order valence-electron chi connectivity index (χ1n) is 15.9. The van der Waals surface area contributed by atoms with E-state index in [-0.39, 0.29) is 70.2 Å². The van der Waals surface area contributed by atoms with E-state index in [0.717, 1.165) is 42.5 Å². The van der Waals surface area contributed by atoms with Crippen LogP contribution in [0.5, 0.6) is 0 Å². The second-order valence-electron chi connectivity index (χ2n) is 12.3. The van der Waals surface area contributed by atoms with Gasteiger partial charge in [0, 0.05) is 48.1 Å². The molecule has 2 aliphatic heterocycles. The largest absolute Gasteiger partial charge is 0.419 e. The monoisotopic (exact) mass is 757 g/mol. The molecule has 0 aliphatic carbocycles. The molecule has 0 saturated heterocycles. The molecule has 2 amide bonds. The van der Waals surface area contributed by atoms with Gasteiger partial charge in [-0.15, -0.1) is 0 Å². The third-order valence-electron chi connectivity index (χ3n) is 9.03. The molecule has 7 nitrogen and oxygen atoms in total. The highest BCUT2D eigenvalue weighted by atomic mass is 19.4. The summed E-state index contributed by atoms with van der Waals surface area (Å²) in [6.45, 7) is 0.459. The Kier molecular flexibility index (Phi) is 8.66. The van der Waals surface area contributed by atoms with Crippen molar-refractivity contribution in [2.24, 2.45) is 0 Å². The first-order chi connectivity index (χ1) is 25.5. The summed E-state index contributed by atoms with van der Waals surface area (Å²) in [6, 6.07) is 13.9. The van der Waals surface area contributed by atoms with Crippen molar-refractivity contribution in [3.05, 3.63) is 118 Å². The average Bonchev–Trinajstić information content (AvgIpc) is 3.64. The van der Waals surface area contributed by atoms with Crippen molar-refractivity contribution in [2.45, 2.75) is 25.4 Å². The number of hydrogen-bond acceptors (Lipinski definition) is 3. The van der Waals surface area contributed by atoms with Gasteiger partial charge in [0.05, 0.1) is 33.8 Å². The number of hydrogen-bond donors (Lipinski definition) is 2. The minimum absolute atomic E-state index is 0.0437. The van der Waals surface area contributed by atoms with Crippen LogP contribution in [-0.4, -0.2) is 34.0 Å². The van der Waals surface area contributed by atoms with E-state index in [4.69, 9.17) is 0 Å². The van der Waals surface area contributed by atoms with Gasteiger partial charge in [-0.05, 0) is 59.7 Å². The molecule has 0 spiro atoms. The van der Waals surface area contributed by atoms with Gasteiger partial charge < -0.3 is 19.8 Å². The zero-order valence-electron chi connectivity index (χ0n) is 27.1. The molecule has 6 aromatic rings. The molecule has 2 aromatic heterocycles. The molecule has 17 heteroatoms. The van der Waals surface area contributed by atoms with Gasteiger partial charge in [-0.2, -0.15) is 31.6 Å². The van der Waals surface area contributed by atoms with E-state index >= 15 is 0 Å². The van der Waals surface area contributed by atoms with Crippen LogP contribution in [0.15, 0.2) is 66.7 Å². The summed E-state index contributed by atoms with van der Waals surface area (Å²) in [7, 11) is 0. The van der Waals surface area contributed by atoms with Crippen LogP contribution in [0.4, 0.5) is 43.9 Å². The van der Waals surface area contributed by atoms with Crippen molar-refractivity contribution in [2.75, 3.05) is 13.1 Å². The molecule has 0 atom stereocenters. The van der Waals surface area contributed by atoms with Gasteiger partial charge in [0.1, 0.15) is 23.0 Å². The van der Waals surface area contributed by atoms with Gasteiger partial charge in [0.25, 0.3) is 11.8 Å². The topological polar surface area (TPSA) is 91.8 Å². The number of aromatic nitrogens is 2. The zero-order valence-corrected chi connectivity index (χ0v) is 27.1. The first kappa shape index (κ1) is 36.1. The summed E-state index contributed by atoms with van der Waals surface area (Å²) in [5.41, 5.74) is -2.62. The number of alkyl halides is 6. The highest BCUT2D eigenvalue weighted by Gasteiger charge is 2.44. The SMILES string of the molecule is N#Cc1cc(-c2ccc(F)c(F)c2)c2c(c1)c(C(F)(F)F)c1n2CCNC1=O.O=C1NCCn2c1c(C(F)(F)F)c1cc(F)cc(-c3ccc(F)cc3)c12. The van der Waals surface area contributed by atoms with Crippen molar-refractivity contribution in [1.29, 1.82) is 5.26 Å². The van der Waals surface area contributed by atoms with Gasteiger partial charge in [-0.3, -0.25) is 9.59 Å². The Labute approximate surface area is 297 Å². The molecule has 54 heavy (non-hydrogen) atoms. The van der Waals surface area contributed by atoms with Gasteiger partial charge in [-0.25, -0.2) is 17.6 Å². The number of rotatable bonds is 2. The highest BCUT2D eigenvalue weighted by molar-refractivity contribution is 6.08. The summed E-state index contributed by atoms with van der Waals surface area (Å²) in [4.78, 5) is 24.3. The van der Waals surface area contributed by atoms with Crippen LogP contribution in [-0.2, 0) is 25.4 Å². The maximum Gasteiger partial charge on any atom is 0.419 e. The van der Waals surface area contributed by atoms with Crippen LogP contribution in [0, 0.1) is 34.6 Å². The van der Waals surface area contributed by atoms with E-state index in [0.29, 0.717) is 5.56 Å². The number of benzene rings is 4. The quantitative estimate of drug-likeness (QED) is 0.174. The Morgan fingerprint density at radius 2 is 1.09 bits per heavy atom. The molecule has 0 saturated carbocycles. The summed E-state index contributed by atoms with van der Waals surface area (Å²) in [6.07, 6.45) is -9.69. The van der Waals surface area contributed by atoms with Gasteiger partial charge >= 0.3 is 12.4 Å². The Balaban J connectivity index is 0.000000167. The molecular weight excluding hydrogens is 736 g/mol. The summed E-state index contributed by atoms with van der Waals surface area (Å²) < 4.78 is 139. The number of nitriles is 1. The Bertz CT molecular complexity index is 2580. The second kappa shape index (κ2) is 13.0. The number of nitrogens with zero attached hydrogens (tertiary/aromatic N) is 3. The molecule has 0 fully saturated rings. The molecule has 2 N–H and O–H groups in total. The van der Waals surface area contributed by atoms with Crippen molar-refractivity contribution in [1.82, 2.24) is 19.8 Å². The maximum absolute atomic E-state index is 14.1. The number of halogens is 10. The molecule has 4 heterocycles. The molecule has 276 valence electrons. The van der Waals surface area contributed by atoms with Crippen LogP contribution >= 0.6 is 0 Å². The van der Waals surface area contributed by atoms with Crippen LogP contribution in [0.3, 0.4) is 0 Å². The minimum Gasteiger partial charge on any atom is -0.349 e. The van der Waals surface area contributed by atoms with Crippen LogP contribution in [0.2, 0.25) is 0 Å². The summed E-state index contributed by atoms with van der Waals surface area (Å²) in [5.74, 6) is -5.41. The molecule has 0 unspecified atom stereocenters. The lowest BCUT2D eigenvalue weighted by Gasteiger charge is -2.19.